The van der Waals surface area contributed by atoms with E-state index in [1.165, 1.54) is 18.3 Å². The molecule has 3 N–H and O–H groups in total. The zero-order valence-electron chi connectivity index (χ0n) is 18.6. The van der Waals surface area contributed by atoms with Gasteiger partial charge in [0.15, 0.2) is 6.61 Å². The molecule has 0 spiro atoms. The SMILES string of the molecule is Cc1cc(C)cc(NC(=O)COc2cccc(/C=N\NC(=O)C(=O)Nc3ccc(F)cc3)c2)c1. The quantitative estimate of drug-likeness (QED) is 0.283. The van der Waals surface area contributed by atoms with Gasteiger partial charge < -0.3 is 15.4 Å². The summed E-state index contributed by atoms with van der Waals surface area (Å²) in [7, 11) is 0. The molecule has 0 saturated heterocycles. The van der Waals surface area contributed by atoms with Gasteiger partial charge in [0.05, 0.1) is 6.21 Å². The van der Waals surface area contributed by atoms with E-state index in [4.69, 9.17) is 4.74 Å². The third kappa shape index (κ3) is 7.56. The van der Waals surface area contributed by atoms with Crippen molar-refractivity contribution in [3.05, 3.63) is 89.2 Å². The third-order valence-electron chi connectivity index (χ3n) is 4.42. The van der Waals surface area contributed by atoms with Gasteiger partial charge in [0.25, 0.3) is 5.91 Å². The molecule has 0 bridgehead atoms. The summed E-state index contributed by atoms with van der Waals surface area (Å²) in [6.45, 7) is 3.72. The smallest absolute Gasteiger partial charge is 0.329 e. The molecule has 0 aliphatic heterocycles. The maximum Gasteiger partial charge on any atom is 0.329 e. The van der Waals surface area contributed by atoms with Gasteiger partial charge in [-0.15, -0.1) is 0 Å². The Labute approximate surface area is 195 Å². The van der Waals surface area contributed by atoms with Crippen LogP contribution in [0.3, 0.4) is 0 Å². The maximum absolute atomic E-state index is 12.9. The zero-order valence-corrected chi connectivity index (χ0v) is 18.6. The van der Waals surface area contributed by atoms with Crippen LogP contribution in [0.15, 0.2) is 71.8 Å². The van der Waals surface area contributed by atoms with Crippen molar-refractivity contribution in [1.29, 1.82) is 0 Å². The van der Waals surface area contributed by atoms with Crippen LogP contribution in [-0.2, 0) is 14.4 Å². The number of ether oxygens (including phenoxy) is 1. The molecule has 0 unspecified atom stereocenters. The number of hydrogen-bond donors (Lipinski definition) is 3. The van der Waals surface area contributed by atoms with Crippen LogP contribution in [0.25, 0.3) is 0 Å². The molecule has 3 aromatic rings. The second kappa shape index (κ2) is 11.4. The Balaban J connectivity index is 1.48. The maximum atomic E-state index is 12.9. The Hall–Kier alpha value is -4.53. The number of hydrogen-bond acceptors (Lipinski definition) is 5. The van der Waals surface area contributed by atoms with Crippen LogP contribution in [0.1, 0.15) is 16.7 Å². The van der Waals surface area contributed by atoms with Crippen molar-refractivity contribution in [2.75, 3.05) is 17.2 Å². The Bertz CT molecular complexity index is 1210. The standard InChI is InChI=1S/C25H23FN4O4/c1-16-10-17(2)12-21(11-16)28-23(31)15-34-22-5-3-4-18(13-22)14-27-30-25(33)24(32)29-20-8-6-19(26)7-9-20/h3-14H,15H2,1-2H3,(H,28,31)(H,29,32)(H,30,33)/b27-14-. The Morgan fingerprint density at radius 1 is 0.882 bits per heavy atom. The van der Waals surface area contributed by atoms with Crippen LogP contribution < -0.4 is 20.8 Å². The minimum atomic E-state index is -0.990. The molecule has 3 amide bonds. The van der Waals surface area contributed by atoms with Crippen molar-refractivity contribution in [3.63, 3.8) is 0 Å². The normalized spacial score (nSPS) is 10.6. The molecular formula is C25H23FN4O4. The fraction of sp³-hybridized carbons (Fsp3) is 0.120. The van der Waals surface area contributed by atoms with Crippen molar-refractivity contribution in [1.82, 2.24) is 5.43 Å². The van der Waals surface area contributed by atoms with Gasteiger partial charge in [-0.25, -0.2) is 9.82 Å². The molecule has 34 heavy (non-hydrogen) atoms. The van der Waals surface area contributed by atoms with Crippen molar-refractivity contribution in [2.45, 2.75) is 13.8 Å². The van der Waals surface area contributed by atoms with Gasteiger partial charge in [0, 0.05) is 11.4 Å². The highest BCUT2D eigenvalue weighted by molar-refractivity contribution is 6.39. The molecule has 0 atom stereocenters. The summed E-state index contributed by atoms with van der Waals surface area (Å²) in [5, 5.41) is 8.87. The summed E-state index contributed by atoms with van der Waals surface area (Å²) in [6, 6.07) is 17.4. The topological polar surface area (TPSA) is 109 Å². The molecule has 8 nitrogen and oxygen atoms in total. The largest absolute Gasteiger partial charge is 0.484 e. The number of nitrogens with one attached hydrogen (secondary N) is 3. The number of halogens is 1. The van der Waals surface area contributed by atoms with E-state index in [-0.39, 0.29) is 18.2 Å². The fourth-order valence-corrected chi connectivity index (χ4v) is 3.01. The molecule has 174 valence electrons. The van der Waals surface area contributed by atoms with E-state index in [9.17, 15) is 18.8 Å². The average Bonchev–Trinajstić information content (AvgIpc) is 2.79. The highest BCUT2D eigenvalue weighted by Gasteiger charge is 2.12. The summed E-state index contributed by atoms with van der Waals surface area (Å²) in [4.78, 5) is 35.9. The lowest BCUT2D eigenvalue weighted by Gasteiger charge is -2.09. The van der Waals surface area contributed by atoms with Gasteiger partial charge in [0.2, 0.25) is 0 Å². The van der Waals surface area contributed by atoms with Crippen molar-refractivity contribution < 1.29 is 23.5 Å². The highest BCUT2D eigenvalue weighted by Crippen LogP contribution is 2.15. The summed E-state index contributed by atoms with van der Waals surface area (Å²) >= 11 is 0. The third-order valence-corrected chi connectivity index (χ3v) is 4.42. The van der Waals surface area contributed by atoms with Gasteiger partial charge in [-0.2, -0.15) is 5.10 Å². The monoisotopic (exact) mass is 462 g/mol. The van der Waals surface area contributed by atoms with Gasteiger partial charge in [-0.3, -0.25) is 14.4 Å². The van der Waals surface area contributed by atoms with E-state index in [2.05, 4.69) is 21.2 Å². The molecule has 0 aliphatic carbocycles. The Morgan fingerprint density at radius 3 is 2.29 bits per heavy atom. The summed E-state index contributed by atoms with van der Waals surface area (Å²) in [5.74, 6) is -2.27. The summed E-state index contributed by atoms with van der Waals surface area (Å²) < 4.78 is 18.4. The van der Waals surface area contributed by atoms with Crippen LogP contribution in [0.5, 0.6) is 5.75 Å². The number of carbonyl (C=O) groups is 3. The zero-order chi connectivity index (χ0) is 24.5. The van der Waals surface area contributed by atoms with Gasteiger partial charge in [0.1, 0.15) is 11.6 Å². The van der Waals surface area contributed by atoms with Crippen LogP contribution in [0.2, 0.25) is 0 Å². The van der Waals surface area contributed by atoms with Crippen molar-refractivity contribution >= 4 is 35.3 Å². The average molecular weight is 462 g/mol. The van der Waals surface area contributed by atoms with Crippen molar-refractivity contribution in [3.8, 4) is 5.75 Å². The first-order valence-corrected chi connectivity index (χ1v) is 10.3. The number of amides is 3. The van der Waals surface area contributed by atoms with E-state index in [0.717, 1.165) is 23.3 Å². The number of anilines is 2. The fourth-order valence-electron chi connectivity index (χ4n) is 3.01. The first-order chi connectivity index (χ1) is 16.3. The highest BCUT2D eigenvalue weighted by atomic mass is 19.1. The van der Waals surface area contributed by atoms with Crippen LogP contribution in [-0.4, -0.2) is 30.5 Å². The number of hydrazone groups is 1. The lowest BCUT2D eigenvalue weighted by atomic mass is 10.1. The lowest BCUT2D eigenvalue weighted by Crippen LogP contribution is -2.32. The minimum Gasteiger partial charge on any atom is -0.484 e. The molecule has 0 saturated carbocycles. The number of aryl methyl sites for hydroxylation is 2. The molecule has 0 aromatic heterocycles. The van der Waals surface area contributed by atoms with E-state index < -0.39 is 17.6 Å². The minimum absolute atomic E-state index is 0.187. The van der Waals surface area contributed by atoms with E-state index in [0.29, 0.717) is 17.0 Å². The van der Waals surface area contributed by atoms with Crippen molar-refractivity contribution in [2.24, 2.45) is 5.10 Å². The molecule has 0 heterocycles. The van der Waals surface area contributed by atoms with Crippen LogP contribution >= 0.6 is 0 Å². The van der Waals surface area contributed by atoms with Crippen LogP contribution in [0, 0.1) is 19.7 Å². The van der Waals surface area contributed by atoms with Gasteiger partial charge in [-0.05, 0) is 79.1 Å². The molecular weight excluding hydrogens is 439 g/mol. The molecule has 9 heteroatoms. The predicted octanol–water partition coefficient (Wildman–Crippen LogP) is 3.55. The summed E-state index contributed by atoms with van der Waals surface area (Å²) in [5.41, 5.74) is 5.75. The Morgan fingerprint density at radius 2 is 1.59 bits per heavy atom. The number of rotatable bonds is 7. The Kier molecular flexibility index (Phi) is 8.07. The second-order valence-corrected chi connectivity index (χ2v) is 7.45. The van der Waals surface area contributed by atoms with E-state index in [1.54, 1.807) is 24.3 Å². The number of nitrogens with zero attached hydrogens (tertiary/aromatic N) is 1. The second-order valence-electron chi connectivity index (χ2n) is 7.45. The number of benzene rings is 3. The molecule has 0 aliphatic rings. The first kappa shape index (κ1) is 24.1. The first-order valence-electron chi connectivity index (χ1n) is 10.3. The summed E-state index contributed by atoms with van der Waals surface area (Å²) in [6.07, 6.45) is 1.32. The van der Waals surface area contributed by atoms with Gasteiger partial charge in [-0.1, -0.05) is 18.2 Å². The van der Waals surface area contributed by atoms with E-state index in [1.807, 2.05) is 32.0 Å². The van der Waals surface area contributed by atoms with Crippen LogP contribution in [0.4, 0.5) is 15.8 Å². The lowest BCUT2D eigenvalue weighted by molar-refractivity contribution is -0.136. The molecule has 3 aromatic carbocycles. The molecule has 3 rings (SSSR count). The molecule has 0 radical (unpaired) electrons. The molecule has 0 fully saturated rings. The number of carbonyl (C=O) groups excluding carboxylic acids is 3. The van der Waals surface area contributed by atoms with E-state index >= 15 is 0 Å². The van der Waals surface area contributed by atoms with Gasteiger partial charge >= 0.3 is 11.8 Å². The predicted molar refractivity (Wildman–Crippen MR) is 127 cm³/mol.